The highest BCUT2D eigenvalue weighted by Crippen LogP contribution is 2.16. The van der Waals surface area contributed by atoms with Crippen molar-refractivity contribution in [1.29, 1.82) is 0 Å². The third-order valence-electron chi connectivity index (χ3n) is 4.84. The molecule has 0 aliphatic heterocycles. The number of carbonyl (C=O) groups excluding carboxylic acids is 2. The van der Waals surface area contributed by atoms with Crippen molar-refractivity contribution in [3.8, 4) is 0 Å². The smallest absolute Gasteiger partial charge is 0.243 e. The van der Waals surface area contributed by atoms with Crippen LogP contribution in [0, 0.1) is 10.7 Å². The Bertz CT molecular complexity index is 1090. The van der Waals surface area contributed by atoms with Crippen molar-refractivity contribution in [3.05, 3.63) is 58.6 Å². The predicted molar refractivity (Wildman–Crippen MR) is 115 cm³/mol. The summed E-state index contributed by atoms with van der Waals surface area (Å²) in [7, 11) is 1.78. The average molecular weight is 412 g/mol. The van der Waals surface area contributed by atoms with Crippen LogP contribution >= 0.6 is 12.2 Å². The van der Waals surface area contributed by atoms with Gasteiger partial charge in [-0.05, 0) is 34.5 Å². The molecule has 2 amide bonds. The van der Waals surface area contributed by atoms with Gasteiger partial charge in [-0.25, -0.2) is 0 Å². The number of fused-ring (bicyclic) bond motifs is 1. The van der Waals surface area contributed by atoms with Gasteiger partial charge in [-0.2, -0.15) is 5.10 Å². The van der Waals surface area contributed by atoms with Crippen LogP contribution in [0.4, 0.5) is 0 Å². The molecular weight excluding hydrogens is 386 g/mol. The van der Waals surface area contributed by atoms with Crippen molar-refractivity contribution in [1.82, 2.24) is 25.4 Å². The van der Waals surface area contributed by atoms with E-state index >= 15 is 0 Å². The molecule has 3 aromatic rings. The minimum Gasteiger partial charge on any atom is -0.347 e. The summed E-state index contributed by atoms with van der Waals surface area (Å²) in [5.41, 5.74) is 0.908. The summed E-state index contributed by atoms with van der Waals surface area (Å²) in [5, 5.41) is 14.7. The predicted octanol–water partition coefficient (Wildman–Crippen LogP) is 2.63. The number of aromatic nitrogens is 3. The van der Waals surface area contributed by atoms with E-state index in [4.69, 9.17) is 12.2 Å². The number of hydrogen-bond donors (Lipinski definition) is 3. The monoisotopic (exact) mass is 411 g/mol. The summed E-state index contributed by atoms with van der Waals surface area (Å²) < 4.78 is 2.18. The van der Waals surface area contributed by atoms with Gasteiger partial charge in [0.1, 0.15) is 6.04 Å². The van der Waals surface area contributed by atoms with Crippen LogP contribution in [0.25, 0.3) is 10.8 Å². The maximum absolute atomic E-state index is 12.6. The molecule has 1 atom stereocenters. The Balaban J connectivity index is 1.62. The number of carbonyl (C=O) groups is 2. The SMILES string of the molecule is CC(C)C(NC(=O)Cc1ccc2ccccc2c1)C(=O)NCc1n[nH]c(=S)n1C. The molecule has 29 heavy (non-hydrogen) atoms. The lowest BCUT2D eigenvalue weighted by Gasteiger charge is -2.21. The molecule has 0 fully saturated rings. The van der Waals surface area contributed by atoms with Crippen molar-refractivity contribution >= 4 is 34.8 Å². The van der Waals surface area contributed by atoms with Crippen LogP contribution in [0.3, 0.4) is 0 Å². The Kier molecular flexibility index (Phi) is 6.43. The van der Waals surface area contributed by atoms with E-state index in [2.05, 4.69) is 20.8 Å². The van der Waals surface area contributed by atoms with Crippen LogP contribution in [-0.4, -0.2) is 32.6 Å². The zero-order valence-corrected chi connectivity index (χ0v) is 17.5. The second-order valence-electron chi connectivity index (χ2n) is 7.37. The molecule has 1 aromatic heterocycles. The minimum absolute atomic E-state index is 0.0574. The second-order valence-corrected chi connectivity index (χ2v) is 7.76. The maximum atomic E-state index is 12.6. The van der Waals surface area contributed by atoms with Crippen molar-refractivity contribution < 1.29 is 9.59 Å². The van der Waals surface area contributed by atoms with Gasteiger partial charge in [-0.3, -0.25) is 14.7 Å². The van der Waals surface area contributed by atoms with Gasteiger partial charge in [0.05, 0.1) is 13.0 Å². The van der Waals surface area contributed by atoms with Crippen LogP contribution in [0.5, 0.6) is 0 Å². The van der Waals surface area contributed by atoms with Gasteiger partial charge in [0.15, 0.2) is 10.6 Å². The number of H-pyrrole nitrogens is 1. The van der Waals surface area contributed by atoms with Crippen molar-refractivity contribution in [2.75, 3.05) is 0 Å². The molecule has 3 rings (SSSR count). The van der Waals surface area contributed by atoms with Gasteiger partial charge in [-0.1, -0.05) is 56.3 Å². The number of hydrogen-bond acceptors (Lipinski definition) is 4. The third-order valence-corrected chi connectivity index (χ3v) is 5.20. The van der Waals surface area contributed by atoms with Gasteiger partial charge in [0, 0.05) is 7.05 Å². The molecule has 0 bridgehead atoms. The molecule has 0 saturated carbocycles. The Morgan fingerprint density at radius 2 is 1.90 bits per heavy atom. The number of amides is 2. The van der Waals surface area contributed by atoms with E-state index in [1.165, 1.54) is 0 Å². The van der Waals surface area contributed by atoms with E-state index in [9.17, 15) is 9.59 Å². The standard InChI is InChI=1S/C21H25N5O2S/c1-13(2)19(20(28)22-12-17-24-25-21(29)26(17)3)23-18(27)11-14-8-9-15-6-4-5-7-16(15)10-14/h4-10,13,19H,11-12H2,1-3H3,(H,22,28)(H,23,27)(H,25,29). The van der Waals surface area contributed by atoms with Gasteiger partial charge >= 0.3 is 0 Å². The molecule has 2 aromatic carbocycles. The van der Waals surface area contributed by atoms with Crippen molar-refractivity contribution in [2.45, 2.75) is 32.9 Å². The van der Waals surface area contributed by atoms with E-state index in [-0.39, 0.29) is 30.7 Å². The first-order valence-corrected chi connectivity index (χ1v) is 9.91. The minimum atomic E-state index is -0.629. The van der Waals surface area contributed by atoms with Crippen molar-refractivity contribution in [2.24, 2.45) is 13.0 Å². The van der Waals surface area contributed by atoms with Gasteiger partial charge < -0.3 is 15.2 Å². The molecule has 0 aliphatic rings. The number of rotatable bonds is 7. The molecule has 152 valence electrons. The zero-order chi connectivity index (χ0) is 21.0. The fourth-order valence-electron chi connectivity index (χ4n) is 3.11. The molecule has 0 saturated heterocycles. The quantitative estimate of drug-likeness (QED) is 0.521. The number of nitrogens with zero attached hydrogens (tertiary/aromatic N) is 2. The largest absolute Gasteiger partial charge is 0.347 e. The number of nitrogens with one attached hydrogen (secondary N) is 3. The average Bonchev–Trinajstić information content (AvgIpc) is 3.02. The highest BCUT2D eigenvalue weighted by molar-refractivity contribution is 7.71. The molecule has 1 heterocycles. The molecule has 3 N–H and O–H groups in total. The highest BCUT2D eigenvalue weighted by Gasteiger charge is 2.24. The first kappa shape index (κ1) is 20.7. The van der Waals surface area contributed by atoms with Crippen LogP contribution in [0.2, 0.25) is 0 Å². The van der Waals surface area contributed by atoms with Gasteiger partial charge in [-0.15, -0.1) is 0 Å². The molecule has 1 unspecified atom stereocenters. The fourth-order valence-corrected chi connectivity index (χ4v) is 3.26. The first-order chi connectivity index (χ1) is 13.8. The molecule has 0 spiro atoms. The van der Waals surface area contributed by atoms with Gasteiger partial charge in [0.2, 0.25) is 11.8 Å². The Hall–Kier alpha value is -3.00. The van der Waals surface area contributed by atoms with E-state index in [0.29, 0.717) is 10.6 Å². The lowest BCUT2D eigenvalue weighted by atomic mass is 10.0. The van der Waals surface area contributed by atoms with Crippen LogP contribution in [0.1, 0.15) is 25.2 Å². The number of benzene rings is 2. The van der Waals surface area contributed by atoms with Crippen LogP contribution in [0.15, 0.2) is 42.5 Å². The highest BCUT2D eigenvalue weighted by atomic mass is 32.1. The summed E-state index contributed by atoms with van der Waals surface area (Å²) in [6.45, 7) is 4.03. The van der Waals surface area contributed by atoms with Crippen LogP contribution in [-0.2, 0) is 29.6 Å². The maximum Gasteiger partial charge on any atom is 0.243 e. The lowest BCUT2D eigenvalue weighted by molar-refractivity contribution is -0.129. The summed E-state index contributed by atoms with van der Waals surface area (Å²) in [4.78, 5) is 25.2. The summed E-state index contributed by atoms with van der Waals surface area (Å²) in [6, 6.07) is 13.3. The molecule has 0 radical (unpaired) electrons. The Morgan fingerprint density at radius 3 is 2.55 bits per heavy atom. The molecule has 7 nitrogen and oxygen atoms in total. The first-order valence-electron chi connectivity index (χ1n) is 9.50. The normalized spacial score (nSPS) is 12.1. The van der Waals surface area contributed by atoms with E-state index in [1.807, 2.05) is 56.3 Å². The second kappa shape index (κ2) is 9.00. The van der Waals surface area contributed by atoms with E-state index in [0.717, 1.165) is 16.3 Å². The number of aromatic amines is 1. The topological polar surface area (TPSA) is 91.8 Å². The van der Waals surface area contributed by atoms with Gasteiger partial charge in [0.25, 0.3) is 0 Å². The van der Waals surface area contributed by atoms with Crippen molar-refractivity contribution in [3.63, 3.8) is 0 Å². The van der Waals surface area contributed by atoms with E-state index < -0.39 is 6.04 Å². The molecular formula is C21H25N5O2S. The summed E-state index contributed by atoms with van der Waals surface area (Å²) in [6.07, 6.45) is 0.217. The zero-order valence-electron chi connectivity index (χ0n) is 16.7. The van der Waals surface area contributed by atoms with E-state index in [1.54, 1.807) is 11.6 Å². The summed E-state index contributed by atoms with van der Waals surface area (Å²) in [5.74, 6) is 0.124. The summed E-state index contributed by atoms with van der Waals surface area (Å²) >= 11 is 5.07. The Morgan fingerprint density at radius 1 is 1.17 bits per heavy atom. The molecule has 8 heteroatoms. The third kappa shape index (κ3) is 5.08. The lowest BCUT2D eigenvalue weighted by Crippen LogP contribution is -2.50. The Labute approximate surface area is 174 Å². The fraction of sp³-hybridized carbons (Fsp3) is 0.333. The molecule has 0 aliphatic carbocycles. The van der Waals surface area contributed by atoms with Crippen LogP contribution < -0.4 is 10.6 Å².